The summed E-state index contributed by atoms with van der Waals surface area (Å²) >= 11 is -2.03. The van der Waals surface area contributed by atoms with E-state index >= 15 is 0 Å². The quantitative estimate of drug-likeness (QED) is 0.521. The second-order valence-corrected chi connectivity index (χ2v) is 0.904. The van der Waals surface area contributed by atoms with Gasteiger partial charge in [0.15, 0.2) is 0 Å². The Morgan fingerprint density at radius 1 is 1.14 bits per heavy atom. The standard InChI is InChI=1S/C2H6O2.O2Te/c3-1-2-4;1-3-2/h3-4H,1-2H2;. The molecule has 0 amide bonds. The van der Waals surface area contributed by atoms with Crippen LogP contribution in [0, 0.1) is 0 Å². The van der Waals surface area contributed by atoms with Crippen molar-refractivity contribution in [1.29, 1.82) is 0 Å². The topological polar surface area (TPSA) is 74.6 Å². The Kier molecular flexibility index (Phi) is 23.9. The summed E-state index contributed by atoms with van der Waals surface area (Å²) in [5.74, 6) is 0. The number of aliphatic hydroxyl groups excluding tert-OH is 2. The van der Waals surface area contributed by atoms with Crippen LogP contribution in [0.2, 0.25) is 0 Å². The van der Waals surface area contributed by atoms with Crippen molar-refractivity contribution < 1.29 is 16.4 Å². The molecular formula is C2H6O4Te. The first-order chi connectivity index (χ1) is 3.33. The molecule has 0 fully saturated rings. The number of rotatable bonds is 1. The Labute approximate surface area is 51.0 Å². The van der Waals surface area contributed by atoms with Crippen LogP contribution in [-0.4, -0.2) is 44.3 Å². The summed E-state index contributed by atoms with van der Waals surface area (Å²) in [6, 6.07) is 0. The molecule has 0 bridgehead atoms. The molecule has 0 aliphatic heterocycles. The van der Waals surface area contributed by atoms with E-state index in [2.05, 4.69) is 0 Å². The van der Waals surface area contributed by atoms with E-state index in [0.29, 0.717) is 0 Å². The summed E-state index contributed by atoms with van der Waals surface area (Å²) in [7, 11) is 0. The van der Waals surface area contributed by atoms with Crippen LogP contribution in [0.15, 0.2) is 0 Å². The molecule has 7 heavy (non-hydrogen) atoms. The normalized spacial score (nSPS) is 6.00. The van der Waals surface area contributed by atoms with Crippen molar-refractivity contribution in [1.82, 2.24) is 0 Å². The minimum atomic E-state index is -2.03. The largest absolute Gasteiger partial charge is 0.394 e. The first-order valence-corrected chi connectivity index (χ1v) is 3.37. The first-order valence-electron chi connectivity index (χ1n) is 1.47. The molecule has 0 saturated carbocycles. The third kappa shape index (κ3) is 68.3. The van der Waals surface area contributed by atoms with Crippen molar-refractivity contribution in [2.75, 3.05) is 13.2 Å². The molecule has 2 N–H and O–H groups in total. The third-order valence-electron chi connectivity index (χ3n) is 0.1000. The fourth-order valence-electron chi connectivity index (χ4n) is 0. The van der Waals surface area contributed by atoms with Gasteiger partial charge in [-0.25, -0.2) is 0 Å². The molecule has 44 valence electrons. The van der Waals surface area contributed by atoms with Crippen LogP contribution in [0.4, 0.5) is 0 Å². The molecule has 0 spiro atoms. The maximum atomic E-state index is 8.50. The predicted molar refractivity (Wildman–Crippen MR) is 21.3 cm³/mol. The SMILES string of the molecule is O=[Te]=O.OCCO. The molecule has 0 heterocycles. The van der Waals surface area contributed by atoms with Gasteiger partial charge in [0.1, 0.15) is 0 Å². The van der Waals surface area contributed by atoms with E-state index in [-0.39, 0.29) is 13.2 Å². The number of aliphatic hydroxyl groups is 2. The van der Waals surface area contributed by atoms with Gasteiger partial charge in [0, 0.05) is 0 Å². The van der Waals surface area contributed by atoms with Crippen LogP contribution in [0.1, 0.15) is 0 Å². The second kappa shape index (κ2) is 16.2. The van der Waals surface area contributed by atoms with Gasteiger partial charge in [-0.2, -0.15) is 0 Å². The Morgan fingerprint density at radius 2 is 1.29 bits per heavy atom. The van der Waals surface area contributed by atoms with E-state index in [0.717, 1.165) is 0 Å². The third-order valence-corrected chi connectivity index (χ3v) is 0.1000. The molecule has 0 aliphatic rings. The predicted octanol–water partition coefficient (Wildman–Crippen LogP) is -1.65. The Hall–Kier alpha value is 0.310. The zero-order chi connectivity index (χ0) is 6.12. The fourth-order valence-corrected chi connectivity index (χ4v) is 0. The van der Waals surface area contributed by atoms with Crippen molar-refractivity contribution in [3.05, 3.63) is 0 Å². The number of hydrogen-bond acceptors (Lipinski definition) is 4. The van der Waals surface area contributed by atoms with Gasteiger partial charge in [0.2, 0.25) is 0 Å². The van der Waals surface area contributed by atoms with E-state index in [9.17, 15) is 0 Å². The minimum Gasteiger partial charge on any atom is -0.394 e. The monoisotopic (exact) mass is 224 g/mol. The van der Waals surface area contributed by atoms with Crippen LogP contribution >= 0.6 is 0 Å². The smallest absolute Gasteiger partial charge is 0.0662 e. The summed E-state index contributed by atoms with van der Waals surface area (Å²) in [4.78, 5) is 0. The maximum Gasteiger partial charge on any atom is 0.0662 e. The molecule has 0 rings (SSSR count). The molecular weight excluding hydrogens is 216 g/mol. The van der Waals surface area contributed by atoms with Crippen molar-refractivity contribution in [3.8, 4) is 0 Å². The average Bonchev–Trinajstić information content (AvgIpc) is 1.69. The minimum absolute atomic E-state index is 0.125. The fraction of sp³-hybridized carbons (Fsp3) is 1.00. The van der Waals surface area contributed by atoms with E-state index in [1.54, 1.807) is 0 Å². The van der Waals surface area contributed by atoms with Gasteiger partial charge < -0.3 is 10.2 Å². The molecule has 0 aromatic heterocycles. The van der Waals surface area contributed by atoms with E-state index in [1.165, 1.54) is 0 Å². The molecule has 0 radical (unpaired) electrons. The van der Waals surface area contributed by atoms with E-state index < -0.39 is 20.9 Å². The van der Waals surface area contributed by atoms with Crippen molar-refractivity contribution in [2.24, 2.45) is 0 Å². The molecule has 0 unspecified atom stereocenters. The zero-order valence-corrected chi connectivity index (χ0v) is 5.86. The summed E-state index contributed by atoms with van der Waals surface area (Å²) < 4.78 is 17.0. The van der Waals surface area contributed by atoms with E-state index in [1.807, 2.05) is 0 Å². The van der Waals surface area contributed by atoms with Gasteiger partial charge in [-0.1, -0.05) is 0 Å². The average molecular weight is 222 g/mol. The van der Waals surface area contributed by atoms with E-state index in [4.69, 9.17) is 16.4 Å². The maximum absolute atomic E-state index is 8.50. The van der Waals surface area contributed by atoms with Gasteiger partial charge in [-0.15, -0.1) is 0 Å². The number of hydrogen-bond donors (Lipinski definition) is 2. The van der Waals surface area contributed by atoms with Crippen LogP contribution in [0.3, 0.4) is 0 Å². The molecule has 5 heteroatoms. The van der Waals surface area contributed by atoms with Crippen LogP contribution in [-0.2, 0) is 6.21 Å². The molecule has 0 aromatic carbocycles. The van der Waals surface area contributed by atoms with Gasteiger partial charge >= 0.3 is 27.1 Å². The summed E-state index contributed by atoms with van der Waals surface area (Å²) in [6.07, 6.45) is 0. The zero-order valence-electron chi connectivity index (χ0n) is 3.53. The van der Waals surface area contributed by atoms with Crippen LogP contribution in [0.5, 0.6) is 0 Å². The van der Waals surface area contributed by atoms with Gasteiger partial charge in [-0.3, -0.25) is 0 Å². The summed E-state index contributed by atoms with van der Waals surface area (Å²) in [5.41, 5.74) is 0. The van der Waals surface area contributed by atoms with Crippen LogP contribution < -0.4 is 0 Å². The van der Waals surface area contributed by atoms with Gasteiger partial charge in [0.25, 0.3) is 0 Å². The molecule has 4 nitrogen and oxygen atoms in total. The van der Waals surface area contributed by atoms with Crippen molar-refractivity contribution in [3.63, 3.8) is 0 Å². The Morgan fingerprint density at radius 3 is 1.29 bits per heavy atom. The van der Waals surface area contributed by atoms with Gasteiger partial charge in [0.05, 0.1) is 13.2 Å². The molecule has 0 aliphatic carbocycles. The summed E-state index contributed by atoms with van der Waals surface area (Å²) in [6.45, 7) is -0.250. The Bertz CT molecular complexity index is 45.7. The summed E-state index contributed by atoms with van der Waals surface area (Å²) in [5, 5.41) is 15.2. The molecule has 0 aromatic rings. The second-order valence-electron chi connectivity index (χ2n) is 0.515. The van der Waals surface area contributed by atoms with Crippen LogP contribution in [0.25, 0.3) is 0 Å². The molecule has 0 saturated heterocycles. The van der Waals surface area contributed by atoms with Crippen molar-refractivity contribution in [2.45, 2.75) is 0 Å². The first kappa shape index (κ1) is 10.3. The molecule has 0 atom stereocenters. The van der Waals surface area contributed by atoms with Crippen molar-refractivity contribution >= 4 is 20.9 Å². The van der Waals surface area contributed by atoms with Gasteiger partial charge in [-0.05, 0) is 0 Å². The Balaban J connectivity index is 0.